The number of aromatic nitrogens is 1. The zero-order valence-corrected chi connectivity index (χ0v) is 7.42. The maximum Gasteiger partial charge on any atom is 0.279 e. The quantitative estimate of drug-likeness (QED) is 0.639. The molecule has 0 aromatic carbocycles. The Balaban J connectivity index is 3.32. The van der Waals surface area contributed by atoms with Gasteiger partial charge in [-0.25, -0.2) is 13.4 Å². The predicted molar refractivity (Wildman–Crippen MR) is 39.9 cm³/mol. The predicted octanol–water partition coefficient (Wildman–Crippen LogP) is 1.38. The van der Waals surface area contributed by atoms with Crippen molar-refractivity contribution in [1.29, 1.82) is 0 Å². The van der Waals surface area contributed by atoms with E-state index < -0.39 is 9.05 Å². The van der Waals surface area contributed by atoms with Crippen LogP contribution in [-0.4, -0.2) is 13.4 Å². The smallest absolute Gasteiger partial charge is 0.232 e. The van der Waals surface area contributed by atoms with Gasteiger partial charge in [-0.3, -0.25) is 0 Å². The molecule has 0 amide bonds. The Bertz CT molecular complexity index is 329. The summed E-state index contributed by atoms with van der Waals surface area (Å²) >= 11 is 1.26. The van der Waals surface area contributed by atoms with Crippen molar-refractivity contribution in [1.82, 2.24) is 4.98 Å². The molecule has 10 heavy (non-hydrogen) atoms. The topological polar surface area (TPSA) is 47.0 Å². The SMILES string of the molecule is Cc1scnc1S(=O)(=O)Cl. The fourth-order valence-corrected chi connectivity index (χ4v) is 2.67. The highest BCUT2D eigenvalue weighted by molar-refractivity contribution is 8.13. The zero-order valence-electron chi connectivity index (χ0n) is 5.04. The molecular formula is C4H4ClNO2S2. The molecule has 1 aromatic rings. The van der Waals surface area contributed by atoms with E-state index in [1.54, 1.807) is 6.92 Å². The average molecular weight is 198 g/mol. The highest BCUT2D eigenvalue weighted by Crippen LogP contribution is 2.19. The molecule has 0 saturated carbocycles. The van der Waals surface area contributed by atoms with Crippen LogP contribution in [0.25, 0.3) is 0 Å². The maximum absolute atomic E-state index is 10.6. The van der Waals surface area contributed by atoms with E-state index in [2.05, 4.69) is 4.98 Å². The van der Waals surface area contributed by atoms with Gasteiger partial charge in [0.05, 0.1) is 5.51 Å². The number of hydrogen-bond acceptors (Lipinski definition) is 4. The zero-order chi connectivity index (χ0) is 7.78. The van der Waals surface area contributed by atoms with E-state index in [0.717, 1.165) is 0 Å². The number of hydrogen-bond donors (Lipinski definition) is 0. The first-order chi connectivity index (χ1) is 4.52. The van der Waals surface area contributed by atoms with Gasteiger partial charge in [0.25, 0.3) is 9.05 Å². The normalized spacial score (nSPS) is 11.8. The van der Waals surface area contributed by atoms with E-state index in [-0.39, 0.29) is 5.03 Å². The molecule has 56 valence electrons. The van der Waals surface area contributed by atoms with Gasteiger partial charge >= 0.3 is 0 Å². The molecule has 0 fully saturated rings. The van der Waals surface area contributed by atoms with Crippen LogP contribution in [0.15, 0.2) is 10.5 Å². The molecule has 0 bridgehead atoms. The molecule has 0 aliphatic carbocycles. The monoisotopic (exact) mass is 197 g/mol. The first-order valence-corrected chi connectivity index (χ1v) is 5.55. The van der Waals surface area contributed by atoms with Gasteiger partial charge in [0.2, 0.25) is 0 Å². The average Bonchev–Trinajstić information content (AvgIpc) is 2.11. The lowest BCUT2D eigenvalue weighted by Crippen LogP contribution is -1.91. The summed E-state index contributed by atoms with van der Waals surface area (Å²) in [6, 6.07) is 0. The summed E-state index contributed by atoms with van der Waals surface area (Å²) in [7, 11) is 1.40. The van der Waals surface area contributed by atoms with Crippen LogP contribution in [0, 0.1) is 6.92 Å². The minimum Gasteiger partial charge on any atom is -0.232 e. The largest absolute Gasteiger partial charge is 0.279 e. The Morgan fingerprint density at radius 1 is 1.70 bits per heavy atom. The van der Waals surface area contributed by atoms with Crippen molar-refractivity contribution in [3.63, 3.8) is 0 Å². The molecule has 0 saturated heterocycles. The Morgan fingerprint density at radius 2 is 2.30 bits per heavy atom. The van der Waals surface area contributed by atoms with Crippen molar-refractivity contribution >= 4 is 31.1 Å². The highest BCUT2D eigenvalue weighted by Gasteiger charge is 2.15. The third kappa shape index (κ3) is 1.47. The molecule has 1 heterocycles. The van der Waals surface area contributed by atoms with Gasteiger partial charge in [0.15, 0.2) is 5.03 Å². The van der Waals surface area contributed by atoms with Gasteiger partial charge in [-0.2, -0.15) is 0 Å². The van der Waals surface area contributed by atoms with E-state index in [4.69, 9.17) is 10.7 Å². The van der Waals surface area contributed by atoms with Crippen molar-refractivity contribution in [3.05, 3.63) is 10.4 Å². The van der Waals surface area contributed by atoms with Gasteiger partial charge < -0.3 is 0 Å². The maximum atomic E-state index is 10.6. The van der Waals surface area contributed by atoms with Crippen LogP contribution in [0.4, 0.5) is 0 Å². The molecule has 6 heteroatoms. The van der Waals surface area contributed by atoms with Crippen LogP contribution in [0.1, 0.15) is 4.88 Å². The van der Waals surface area contributed by atoms with Crippen LogP contribution in [0.2, 0.25) is 0 Å². The second kappa shape index (κ2) is 2.48. The molecule has 1 rings (SSSR count). The minimum absolute atomic E-state index is 0.0285. The van der Waals surface area contributed by atoms with E-state index in [0.29, 0.717) is 4.88 Å². The Hall–Kier alpha value is -0.130. The highest BCUT2D eigenvalue weighted by atomic mass is 35.7. The van der Waals surface area contributed by atoms with Crippen molar-refractivity contribution < 1.29 is 8.42 Å². The molecule has 0 unspecified atom stereocenters. The van der Waals surface area contributed by atoms with E-state index in [9.17, 15) is 8.42 Å². The van der Waals surface area contributed by atoms with Crippen LogP contribution < -0.4 is 0 Å². The van der Waals surface area contributed by atoms with Crippen LogP contribution >= 0.6 is 22.0 Å². The molecule has 0 aliphatic heterocycles. The van der Waals surface area contributed by atoms with Crippen LogP contribution in [0.3, 0.4) is 0 Å². The summed E-state index contributed by atoms with van der Waals surface area (Å²) in [5.74, 6) is 0. The van der Waals surface area contributed by atoms with Crippen LogP contribution in [-0.2, 0) is 9.05 Å². The van der Waals surface area contributed by atoms with E-state index in [1.165, 1.54) is 16.8 Å². The summed E-state index contributed by atoms with van der Waals surface area (Å²) < 4.78 is 21.2. The minimum atomic E-state index is -3.62. The van der Waals surface area contributed by atoms with Gasteiger partial charge in [0.1, 0.15) is 0 Å². The first-order valence-electron chi connectivity index (χ1n) is 2.36. The third-order valence-electron chi connectivity index (χ3n) is 0.932. The van der Waals surface area contributed by atoms with Crippen molar-refractivity contribution in [2.75, 3.05) is 0 Å². The van der Waals surface area contributed by atoms with Crippen molar-refractivity contribution in [2.24, 2.45) is 0 Å². The summed E-state index contributed by atoms with van der Waals surface area (Å²) in [4.78, 5) is 4.21. The number of nitrogens with zero attached hydrogens (tertiary/aromatic N) is 1. The first kappa shape index (κ1) is 7.97. The van der Waals surface area contributed by atoms with Gasteiger partial charge in [-0.15, -0.1) is 11.3 Å². The molecule has 0 radical (unpaired) electrons. The number of halogens is 1. The number of thiazole rings is 1. The molecule has 3 nitrogen and oxygen atoms in total. The Kier molecular flexibility index (Phi) is 1.98. The van der Waals surface area contributed by atoms with E-state index >= 15 is 0 Å². The standard InChI is InChI=1S/C4H4ClNO2S2/c1-3-4(6-2-9-3)10(5,7)8/h2H,1H3. The molecule has 0 aliphatic rings. The summed E-state index contributed by atoms with van der Waals surface area (Å²) in [6.07, 6.45) is 0. The molecule has 0 N–H and O–H groups in total. The number of aryl methyl sites for hydroxylation is 1. The second-order valence-corrected chi connectivity index (χ2v) is 5.19. The Morgan fingerprint density at radius 3 is 2.50 bits per heavy atom. The van der Waals surface area contributed by atoms with Gasteiger partial charge in [-0.1, -0.05) is 0 Å². The fourth-order valence-electron chi connectivity index (χ4n) is 0.529. The van der Waals surface area contributed by atoms with Crippen LogP contribution in [0.5, 0.6) is 0 Å². The number of rotatable bonds is 1. The van der Waals surface area contributed by atoms with Gasteiger partial charge in [0, 0.05) is 15.6 Å². The summed E-state index contributed by atoms with van der Waals surface area (Å²) in [5.41, 5.74) is 1.45. The molecule has 0 spiro atoms. The van der Waals surface area contributed by atoms with Gasteiger partial charge in [-0.05, 0) is 6.92 Å². The second-order valence-electron chi connectivity index (χ2n) is 1.65. The molecular weight excluding hydrogens is 194 g/mol. The molecule has 0 atom stereocenters. The lowest BCUT2D eigenvalue weighted by Gasteiger charge is -1.87. The fraction of sp³-hybridized carbons (Fsp3) is 0.250. The lowest BCUT2D eigenvalue weighted by molar-refractivity contribution is 0.606. The van der Waals surface area contributed by atoms with Crippen molar-refractivity contribution in [3.8, 4) is 0 Å². The molecule has 1 aromatic heterocycles. The van der Waals surface area contributed by atoms with E-state index in [1.807, 2.05) is 0 Å². The summed E-state index contributed by atoms with van der Waals surface area (Å²) in [6.45, 7) is 1.66. The van der Waals surface area contributed by atoms with Crippen molar-refractivity contribution in [2.45, 2.75) is 11.9 Å². The lowest BCUT2D eigenvalue weighted by atomic mass is 10.6. The summed E-state index contributed by atoms with van der Waals surface area (Å²) in [5, 5.41) is -0.0285. The third-order valence-corrected chi connectivity index (χ3v) is 3.13. The Labute approximate surface area is 67.1 Å².